The van der Waals surface area contributed by atoms with E-state index in [0.29, 0.717) is 0 Å². The number of quaternary nitrogens is 1. The first kappa shape index (κ1) is 25.6. The lowest BCUT2D eigenvalue weighted by Crippen LogP contribution is -3.00. The van der Waals surface area contributed by atoms with Crippen LogP contribution in [-0.4, -0.2) is 0 Å². The molecule has 4 N–H and O–H groups in total. The van der Waals surface area contributed by atoms with Crippen molar-refractivity contribution in [2.75, 3.05) is 0 Å². The molecule has 0 amide bonds. The Bertz CT molecular complexity index is 281. The van der Waals surface area contributed by atoms with Gasteiger partial charge in [0, 0.05) is 18.6 Å². The highest BCUT2D eigenvalue weighted by atomic mass is 35.5. The summed E-state index contributed by atoms with van der Waals surface area (Å²) in [4.78, 5) is 0. The molecule has 0 bridgehead atoms. The summed E-state index contributed by atoms with van der Waals surface area (Å²) in [6, 6.07) is 6.29. The molecular formula is C17H34Cl2N2. The van der Waals surface area contributed by atoms with Crippen LogP contribution in [0.3, 0.4) is 0 Å². The Hall–Kier alpha value is -0.310. The number of nitrogens with zero attached hydrogens (tertiary/aromatic N) is 1. The van der Waals surface area contributed by atoms with E-state index in [1.54, 1.807) is 0 Å². The van der Waals surface area contributed by atoms with Crippen molar-refractivity contribution in [3.05, 3.63) is 30.6 Å². The molecule has 0 fully saturated rings. The van der Waals surface area contributed by atoms with Crippen LogP contribution in [0.5, 0.6) is 0 Å². The lowest BCUT2D eigenvalue weighted by Gasteiger charge is -2.01. The van der Waals surface area contributed by atoms with Gasteiger partial charge in [-0.25, -0.2) is 4.57 Å². The Labute approximate surface area is 144 Å². The van der Waals surface area contributed by atoms with E-state index in [1.807, 2.05) is 0 Å². The molecule has 0 saturated heterocycles. The predicted molar refractivity (Wildman–Crippen MR) is 84.5 cm³/mol. The van der Waals surface area contributed by atoms with Gasteiger partial charge in [-0.15, -0.1) is 0 Å². The van der Waals surface area contributed by atoms with Gasteiger partial charge >= 0.3 is 0 Å². The fraction of sp³-hybridized carbons (Fsp3) is 0.706. The molecule has 0 radical (unpaired) electrons. The first-order chi connectivity index (χ1) is 8.93. The monoisotopic (exact) mass is 336 g/mol. The van der Waals surface area contributed by atoms with Gasteiger partial charge in [0.25, 0.3) is 0 Å². The molecule has 0 aliphatic heterocycles. The molecule has 1 heterocycles. The summed E-state index contributed by atoms with van der Waals surface area (Å²) in [5.74, 6) is 0. The number of aryl methyl sites for hydroxylation is 1. The van der Waals surface area contributed by atoms with Crippen molar-refractivity contribution in [1.82, 2.24) is 6.15 Å². The number of pyridine rings is 1. The van der Waals surface area contributed by atoms with Crippen LogP contribution in [0, 0.1) is 0 Å². The highest BCUT2D eigenvalue weighted by Gasteiger charge is 1.97. The lowest BCUT2D eigenvalue weighted by atomic mass is 10.1. The normalized spacial score (nSPS) is 9.19. The lowest BCUT2D eigenvalue weighted by molar-refractivity contribution is -0.697. The van der Waals surface area contributed by atoms with Crippen LogP contribution in [-0.2, 0) is 6.54 Å². The van der Waals surface area contributed by atoms with Gasteiger partial charge in [0.2, 0.25) is 0 Å². The third-order valence-electron chi connectivity index (χ3n) is 3.55. The summed E-state index contributed by atoms with van der Waals surface area (Å²) in [6.45, 7) is 3.46. The van der Waals surface area contributed by atoms with Crippen molar-refractivity contribution >= 4 is 0 Å². The maximum absolute atomic E-state index is 2.28. The van der Waals surface area contributed by atoms with Crippen LogP contribution in [0.25, 0.3) is 0 Å². The quantitative estimate of drug-likeness (QED) is 0.409. The summed E-state index contributed by atoms with van der Waals surface area (Å²) in [7, 11) is 0. The second-order valence-corrected chi connectivity index (χ2v) is 5.30. The first-order valence-electron chi connectivity index (χ1n) is 7.87. The molecular weight excluding hydrogens is 303 g/mol. The van der Waals surface area contributed by atoms with E-state index in [2.05, 4.69) is 42.1 Å². The Kier molecular flexibility index (Phi) is 24.0. The molecule has 0 aliphatic rings. The molecule has 0 atom stereocenters. The maximum Gasteiger partial charge on any atom is 0.168 e. The SMILES string of the molecule is CCCCCCCCCCCC[n+]1ccccc1.[Cl-].[Cl-].[NH4+]. The molecule has 21 heavy (non-hydrogen) atoms. The van der Waals surface area contributed by atoms with Crippen LogP contribution in [0.1, 0.15) is 71.1 Å². The molecule has 0 spiro atoms. The van der Waals surface area contributed by atoms with Crippen LogP contribution in [0.4, 0.5) is 0 Å². The largest absolute Gasteiger partial charge is 1.00 e. The van der Waals surface area contributed by atoms with Crippen LogP contribution in [0.2, 0.25) is 0 Å². The summed E-state index contributed by atoms with van der Waals surface area (Å²) in [5.41, 5.74) is 0. The molecule has 1 rings (SSSR count). The minimum Gasteiger partial charge on any atom is -1.00 e. The van der Waals surface area contributed by atoms with E-state index in [1.165, 1.54) is 70.8 Å². The van der Waals surface area contributed by atoms with Gasteiger partial charge in [-0.2, -0.15) is 0 Å². The van der Waals surface area contributed by atoms with Gasteiger partial charge < -0.3 is 31.0 Å². The number of aromatic nitrogens is 1. The fourth-order valence-electron chi connectivity index (χ4n) is 2.37. The van der Waals surface area contributed by atoms with E-state index in [9.17, 15) is 0 Å². The molecule has 0 aliphatic carbocycles. The van der Waals surface area contributed by atoms with E-state index >= 15 is 0 Å². The Morgan fingerprint density at radius 3 is 1.52 bits per heavy atom. The third kappa shape index (κ3) is 15.9. The van der Waals surface area contributed by atoms with E-state index in [4.69, 9.17) is 0 Å². The molecule has 0 saturated carbocycles. The molecule has 0 unspecified atom stereocenters. The van der Waals surface area contributed by atoms with E-state index < -0.39 is 0 Å². The summed E-state index contributed by atoms with van der Waals surface area (Å²) < 4.78 is 2.28. The first-order valence-corrected chi connectivity index (χ1v) is 7.87. The number of rotatable bonds is 11. The van der Waals surface area contributed by atoms with Crippen molar-refractivity contribution < 1.29 is 29.4 Å². The molecule has 0 aromatic carbocycles. The number of hydrogen-bond acceptors (Lipinski definition) is 0. The number of unbranched alkanes of at least 4 members (excludes halogenated alkanes) is 9. The molecule has 4 heteroatoms. The highest BCUT2D eigenvalue weighted by Crippen LogP contribution is 2.10. The van der Waals surface area contributed by atoms with Gasteiger partial charge in [-0.3, -0.25) is 0 Å². The van der Waals surface area contributed by atoms with Gasteiger partial charge in [0.1, 0.15) is 6.54 Å². The van der Waals surface area contributed by atoms with Crippen LogP contribution in [0.15, 0.2) is 30.6 Å². The zero-order valence-electron chi connectivity index (χ0n) is 13.9. The zero-order chi connectivity index (χ0) is 12.9. The smallest absolute Gasteiger partial charge is 0.168 e. The average molecular weight is 337 g/mol. The minimum absolute atomic E-state index is 0. The maximum atomic E-state index is 2.28. The predicted octanol–water partition coefficient (Wildman–Crippen LogP) is -0.721. The topological polar surface area (TPSA) is 40.4 Å². The fourth-order valence-corrected chi connectivity index (χ4v) is 2.37. The number of hydrogen-bond donors (Lipinski definition) is 1. The van der Waals surface area contributed by atoms with Crippen molar-refractivity contribution in [1.29, 1.82) is 0 Å². The van der Waals surface area contributed by atoms with Gasteiger partial charge in [-0.1, -0.05) is 64.4 Å². The number of halogens is 2. The second kappa shape index (κ2) is 19.7. The second-order valence-electron chi connectivity index (χ2n) is 5.30. The summed E-state index contributed by atoms with van der Waals surface area (Å²) in [5, 5.41) is 0. The summed E-state index contributed by atoms with van der Waals surface area (Å²) >= 11 is 0. The van der Waals surface area contributed by atoms with Gasteiger partial charge in [-0.05, 0) is 6.42 Å². The van der Waals surface area contributed by atoms with E-state index in [0.717, 1.165) is 0 Å². The van der Waals surface area contributed by atoms with Gasteiger partial charge in [0.15, 0.2) is 12.4 Å². The Balaban J connectivity index is -0.00000108. The standard InChI is InChI=1S/C17H30N.2ClH.H3N/c1-2-3-4-5-6-7-8-9-10-12-15-18-16-13-11-14-17-18;;;/h11,13-14,16-17H,2-10,12,15H2,1H3;2*1H;1H3/q+1;;;/p-1. The summed E-state index contributed by atoms with van der Waals surface area (Å²) in [6.07, 6.45) is 18.5. The molecule has 1 aromatic rings. The van der Waals surface area contributed by atoms with Crippen molar-refractivity contribution in [2.45, 2.75) is 77.7 Å². The molecule has 126 valence electrons. The Morgan fingerprint density at radius 1 is 0.619 bits per heavy atom. The minimum atomic E-state index is 0. The van der Waals surface area contributed by atoms with Crippen LogP contribution < -0.4 is 35.5 Å². The van der Waals surface area contributed by atoms with Crippen molar-refractivity contribution in [2.24, 2.45) is 0 Å². The zero-order valence-corrected chi connectivity index (χ0v) is 15.4. The Morgan fingerprint density at radius 2 is 1.05 bits per heavy atom. The average Bonchev–Trinajstić information content (AvgIpc) is 2.42. The van der Waals surface area contributed by atoms with Crippen LogP contribution >= 0.6 is 0 Å². The molecule has 1 aromatic heterocycles. The van der Waals surface area contributed by atoms with Gasteiger partial charge in [0.05, 0.1) is 0 Å². The van der Waals surface area contributed by atoms with Crippen molar-refractivity contribution in [3.8, 4) is 0 Å². The highest BCUT2D eigenvalue weighted by molar-refractivity contribution is 4.83. The van der Waals surface area contributed by atoms with E-state index in [-0.39, 0.29) is 31.0 Å². The van der Waals surface area contributed by atoms with Crippen molar-refractivity contribution in [3.63, 3.8) is 0 Å². The molecule has 2 nitrogen and oxygen atoms in total. The third-order valence-corrected chi connectivity index (χ3v) is 3.55.